The van der Waals surface area contributed by atoms with Crippen molar-refractivity contribution in [3.63, 3.8) is 0 Å². The van der Waals surface area contributed by atoms with Crippen molar-refractivity contribution in [2.24, 2.45) is 17.8 Å². The van der Waals surface area contributed by atoms with Crippen LogP contribution >= 0.6 is 0 Å². The molecule has 0 aromatic rings. The fourth-order valence-corrected chi connectivity index (χ4v) is 3.75. The van der Waals surface area contributed by atoms with E-state index < -0.39 is 12.6 Å². The average Bonchev–Trinajstić information content (AvgIpc) is 2.48. The highest BCUT2D eigenvalue weighted by Gasteiger charge is 2.33. The van der Waals surface area contributed by atoms with E-state index in [1.165, 1.54) is 25.7 Å². The van der Waals surface area contributed by atoms with Crippen LogP contribution in [0, 0.1) is 17.8 Å². The summed E-state index contributed by atoms with van der Waals surface area (Å²) in [5.41, 5.74) is 0. The van der Waals surface area contributed by atoms with Crippen molar-refractivity contribution in [3.8, 4) is 0 Å². The van der Waals surface area contributed by atoms with E-state index >= 15 is 0 Å². The summed E-state index contributed by atoms with van der Waals surface area (Å²) in [7, 11) is 0. The summed E-state index contributed by atoms with van der Waals surface area (Å²) in [5, 5.41) is 0. The van der Waals surface area contributed by atoms with Gasteiger partial charge in [-0.3, -0.25) is 0 Å². The Kier molecular flexibility index (Phi) is 7.00. The molecule has 22 heavy (non-hydrogen) atoms. The summed E-state index contributed by atoms with van der Waals surface area (Å²) >= 11 is 0. The maximum absolute atomic E-state index is 12.1. The SMILES string of the molecule is CCCC1CCC(C2OCC(CCCC(F)(F)F)CO2)CC1. The quantitative estimate of drug-likeness (QED) is 0.659. The second-order valence-electron chi connectivity index (χ2n) is 6.98. The summed E-state index contributed by atoms with van der Waals surface area (Å²) in [4.78, 5) is 0. The minimum Gasteiger partial charge on any atom is -0.352 e. The first-order valence-electron chi connectivity index (χ1n) is 8.78. The third kappa shape index (κ3) is 6.07. The van der Waals surface area contributed by atoms with Crippen molar-refractivity contribution in [1.82, 2.24) is 0 Å². The lowest BCUT2D eigenvalue weighted by Gasteiger charge is -2.37. The molecular weight excluding hydrogens is 293 g/mol. The Morgan fingerprint density at radius 3 is 2.09 bits per heavy atom. The van der Waals surface area contributed by atoms with E-state index in [9.17, 15) is 13.2 Å². The Labute approximate surface area is 131 Å². The van der Waals surface area contributed by atoms with Gasteiger partial charge in [-0.15, -0.1) is 0 Å². The fourth-order valence-electron chi connectivity index (χ4n) is 3.75. The zero-order valence-corrected chi connectivity index (χ0v) is 13.5. The van der Waals surface area contributed by atoms with Crippen LogP contribution in [0.4, 0.5) is 13.2 Å². The van der Waals surface area contributed by atoms with Crippen molar-refractivity contribution in [3.05, 3.63) is 0 Å². The third-order valence-electron chi connectivity index (χ3n) is 5.04. The zero-order valence-electron chi connectivity index (χ0n) is 13.5. The highest BCUT2D eigenvalue weighted by molar-refractivity contribution is 4.77. The van der Waals surface area contributed by atoms with Crippen LogP contribution in [0.1, 0.15) is 64.7 Å². The molecule has 130 valence electrons. The molecule has 0 aromatic carbocycles. The predicted molar refractivity (Wildman–Crippen MR) is 79.4 cm³/mol. The molecule has 2 aliphatic rings. The van der Waals surface area contributed by atoms with Gasteiger partial charge in [0.05, 0.1) is 13.2 Å². The van der Waals surface area contributed by atoms with E-state index in [0.29, 0.717) is 25.6 Å². The van der Waals surface area contributed by atoms with Gasteiger partial charge >= 0.3 is 6.18 Å². The van der Waals surface area contributed by atoms with E-state index in [1.807, 2.05) is 0 Å². The average molecular weight is 322 g/mol. The first-order valence-corrected chi connectivity index (χ1v) is 8.78. The number of ether oxygens (including phenoxy) is 2. The molecule has 0 atom stereocenters. The van der Waals surface area contributed by atoms with Crippen molar-refractivity contribution in [1.29, 1.82) is 0 Å². The molecule has 2 rings (SSSR count). The maximum atomic E-state index is 12.1. The predicted octanol–water partition coefficient (Wildman–Crippen LogP) is 5.31. The molecule has 0 unspecified atom stereocenters. The van der Waals surface area contributed by atoms with E-state index in [2.05, 4.69) is 6.92 Å². The highest BCUT2D eigenvalue weighted by Crippen LogP contribution is 2.36. The summed E-state index contributed by atoms with van der Waals surface area (Å²) < 4.78 is 48.0. The van der Waals surface area contributed by atoms with Crippen LogP contribution in [0.15, 0.2) is 0 Å². The van der Waals surface area contributed by atoms with Crippen molar-refractivity contribution >= 4 is 0 Å². The molecule has 0 spiro atoms. The molecule has 5 heteroatoms. The minimum atomic E-state index is -4.05. The second-order valence-corrected chi connectivity index (χ2v) is 6.98. The molecule has 2 nitrogen and oxygen atoms in total. The van der Waals surface area contributed by atoms with Gasteiger partial charge in [-0.2, -0.15) is 13.2 Å². The van der Waals surface area contributed by atoms with Crippen LogP contribution in [0.25, 0.3) is 0 Å². The van der Waals surface area contributed by atoms with Crippen LogP contribution < -0.4 is 0 Å². The zero-order chi connectivity index (χ0) is 16.0. The number of halogens is 3. The van der Waals surface area contributed by atoms with Gasteiger partial charge < -0.3 is 9.47 Å². The van der Waals surface area contributed by atoms with Crippen LogP contribution in [0.3, 0.4) is 0 Å². The van der Waals surface area contributed by atoms with Gasteiger partial charge in [-0.25, -0.2) is 0 Å². The number of alkyl halides is 3. The van der Waals surface area contributed by atoms with Gasteiger partial charge in [0.1, 0.15) is 0 Å². The van der Waals surface area contributed by atoms with E-state index in [1.54, 1.807) is 0 Å². The van der Waals surface area contributed by atoms with Crippen LogP contribution in [-0.4, -0.2) is 25.7 Å². The monoisotopic (exact) mass is 322 g/mol. The Hall–Kier alpha value is -0.290. The molecule has 0 amide bonds. The molecule has 0 N–H and O–H groups in total. The van der Waals surface area contributed by atoms with Gasteiger partial charge in [0.15, 0.2) is 6.29 Å². The number of hydrogen-bond donors (Lipinski definition) is 0. The van der Waals surface area contributed by atoms with Crippen LogP contribution in [0.5, 0.6) is 0 Å². The molecule has 1 aliphatic carbocycles. The van der Waals surface area contributed by atoms with Gasteiger partial charge in [0, 0.05) is 18.3 Å². The molecule has 0 aromatic heterocycles. The largest absolute Gasteiger partial charge is 0.389 e. The molecule has 1 heterocycles. The molecule has 0 bridgehead atoms. The molecule has 2 fully saturated rings. The molecular formula is C17H29F3O2. The Morgan fingerprint density at radius 1 is 0.909 bits per heavy atom. The molecule has 1 saturated carbocycles. The smallest absolute Gasteiger partial charge is 0.352 e. The van der Waals surface area contributed by atoms with E-state index in [4.69, 9.17) is 9.47 Å². The summed E-state index contributed by atoms with van der Waals surface area (Å²) in [6.45, 7) is 3.34. The standard InChI is InChI=1S/C17H29F3O2/c1-2-4-13-6-8-15(9-7-13)16-21-11-14(12-22-16)5-3-10-17(18,19)20/h13-16H,2-12H2,1H3. The lowest BCUT2D eigenvalue weighted by atomic mass is 9.79. The topological polar surface area (TPSA) is 18.5 Å². The number of rotatable bonds is 6. The van der Waals surface area contributed by atoms with Gasteiger partial charge in [0.2, 0.25) is 0 Å². The fraction of sp³-hybridized carbons (Fsp3) is 1.00. The highest BCUT2D eigenvalue weighted by atomic mass is 19.4. The summed E-state index contributed by atoms with van der Waals surface area (Å²) in [6, 6.07) is 0. The first kappa shape index (κ1) is 18.1. The third-order valence-corrected chi connectivity index (χ3v) is 5.04. The molecule has 1 saturated heterocycles. The Morgan fingerprint density at radius 2 is 1.55 bits per heavy atom. The summed E-state index contributed by atoms with van der Waals surface area (Å²) in [5.74, 6) is 1.46. The van der Waals surface area contributed by atoms with Crippen LogP contribution in [-0.2, 0) is 9.47 Å². The number of hydrogen-bond acceptors (Lipinski definition) is 2. The van der Waals surface area contributed by atoms with Crippen molar-refractivity contribution < 1.29 is 22.6 Å². The van der Waals surface area contributed by atoms with E-state index in [0.717, 1.165) is 18.8 Å². The summed E-state index contributed by atoms with van der Waals surface area (Å²) in [6.07, 6.45) is 3.26. The molecule has 0 radical (unpaired) electrons. The minimum absolute atomic E-state index is 0.120. The lowest BCUT2D eigenvalue weighted by molar-refractivity contribution is -0.230. The Balaban J connectivity index is 1.61. The van der Waals surface area contributed by atoms with Gasteiger partial charge in [-0.05, 0) is 44.4 Å². The molecule has 1 aliphatic heterocycles. The van der Waals surface area contributed by atoms with Gasteiger partial charge in [-0.1, -0.05) is 19.8 Å². The second kappa shape index (κ2) is 8.53. The maximum Gasteiger partial charge on any atom is 0.389 e. The van der Waals surface area contributed by atoms with Crippen molar-refractivity contribution in [2.75, 3.05) is 13.2 Å². The normalized spacial score (nSPS) is 33.8. The first-order chi connectivity index (χ1) is 10.5. The lowest BCUT2D eigenvalue weighted by Crippen LogP contribution is -2.38. The Bertz CT molecular complexity index is 304. The van der Waals surface area contributed by atoms with Crippen molar-refractivity contribution in [2.45, 2.75) is 77.2 Å². The van der Waals surface area contributed by atoms with Crippen LogP contribution in [0.2, 0.25) is 0 Å². The van der Waals surface area contributed by atoms with Gasteiger partial charge in [0.25, 0.3) is 0 Å². The van der Waals surface area contributed by atoms with E-state index in [-0.39, 0.29) is 18.6 Å².